The van der Waals surface area contributed by atoms with Gasteiger partial charge in [0.2, 0.25) is 15.9 Å². The van der Waals surface area contributed by atoms with Crippen LogP contribution in [0.15, 0.2) is 29.2 Å². The third kappa shape index (κ3) is 4.62. The number of aryl methyl sites for hydroxylation is 2. The number of amides is 1. The molecule has 9 heteroatoms. The first kappa shape index (κ1) is 21.3. The van der Waals surface area contributed by atoms with E-state index in [4.69, 9.17) is 4.74 Å². The van der Waals surface area contributed by atoms with Crippen LogP contribution in [0.5, 0.6) is 5.75 Å². The van der Waals surface area contributed by atoms with Crippen LogP contribution in [0.4, 0.5) is 0 Å². The first-order valence-electron chi connectivity index (χ1n) is 9.65. The van der Waals surface area contributed by atoms with Crippen molar-refractivity contribution in [3.05, 3.63) is 41.2 Å². The molecule has 1 aliphatic rings. The van der Waals surface area contributed by atoms with Crippen molar-refractivity contribution in [1.82, 2.24) is 19.4 Å². The van der Waals surface area contributed by atoms with E-state index in [2.05, 4.69) is 10.4 Å². The maximum atomic E-state index is 12.8. The average molecular weight is 421 g/mol. The molecule has 1 N–H and O–H groups in total. The molecule has 0 saturated carbocycles. The number of carbonyl (C=O) groups is 1. The van der Waals surface area contributed by atoms with Gasteiger partial charge in [0.15, 0.2) is 0 Å². The highest BCUT2D eigenvalue weighted by molar-refractivity contribution is 7.89. The van der Waals surface area contributed by atoms with Crippen LogP contribution < -0.4 is 10.1 Å². The molecule has 0 aliphatic carbocycles. The topological polar surface area (TPSA) is 93.5 Å². The number of benzene rings is 1. The van der Waals surface area contributed by atoms with Gasteiger partial charge in [0.25, 0.3) is 0 Å². The van der Waals surface area contributed by atoms with Gasteiger partial charge in [-0.05, 0) is 51.0 Å². The van der Waals surface area contributed by atoms with Crippen LogP contribution in [-0.2, 0) is 28.3 Å². The third-order valence-electron chi connectivity index (χ3n) is 5.51. The van der Waals surface area contributed by atoms with E-state index in [-0.39, 0.29) is 23.3 Å². The Balaban J connectivity index is 1.56. The van der Waals surface area contributed by atoms with Crippen molar-refractivity contribution in [3.63, 3.8) is 0 Å². The van der Waals surface area contributed by atoms with Gasteiger partial charge in [-0.1, -0.05) is 0 Å². The summed E-state index contributed by atoms with van der Waals surface area (Å²) in [4.78, 5) is 12.7. The fraction of sp³-hybridized carbons (Fsp3) is 0.500. The van der Waals surface area contributed by atoms with E-state index in [0.29, 0.717) is 31.7 Å². The number of nitrogens with one attached hydrogen (secondary N) is 1. The SMILES string of the molecule is COc1ccc(S(=O)(=O)N2CCC(NC(=O)Cc3c(C)nn(C)c3C)CC2)cc1. The number of ether oxygens (including phenoxy) is 1. The number of sulfonamides is 1. The lowest BCUT2D eigenvalue weighted by atomic mass is 10.1. The summed E-state index contributed by atoms with van der Waals surface area (Å²) >= 11 is 0. The first-order chi connectivity index (χ1) is 13.7. The zero-order chi connectivity index (χ0) is 21.2. The number of rotatable bonds is 6. The molecule has 158 valence electrons. The second kappa shape index (κ2) is 8.54. The van der Waals surface area contributed by atoms with Gasteiger partial charge in [-0.2, -0.15) is 9.40 Å². The number of hydrogen-bond acceptors (Lipinski definition) is 5. The Morgan fingerprint density at radius 2 is 1.83 bits per heavy atom. The van der Waals surface area contributed by atoms with Crippen LogP contribution in [-0.4, -0.2) is 54.7 Å². The number of piperidine rings is 1. The van der Waals surface area contributed by atoms with Gasteiger partial charge in [0.05, 0.1) is 24.1 Å². The molecule has 1 aromatic heterocycles. The summed E-state index contributed by atoms with van der Waals surface area (Å²) in [5.41, 5.74) is 2.79. The predicted octanol–water partition coefficient (Wildman–Crippen LogP) is 1.56. The fourth-order valence-corrected chi connectivity index (χ4v) is 5.12. The Hall–Kier alpha value is -2.39. The van der Waals surface area contributed by atoms with E-state index >= 15 is 0 Å². The van der Waals surface area contributed by atoms with Gasteiger partial charge < -0.3 is 10.1 Å². The molecule has 0 bridgehead atoms. The van der Waals surface area contributed by atoms with Crippen molar-refractivity contribution >= 4 is 15.9 Å². The molecule has 1 fully saturated rings. The molecule has 8 nitrogen and oxygen atoms in total. The first-order valence-corrected chi connectivity index (χ1v) is 11.1. The maximum Gasteiger partial charge on any atom is 0.243 e. The highest BCUT2D eigenvalue weighted by Gasteiger charge is 2.30. The van der Waals surface area contributed by atoms with Crippen LogP contribution >= 0.6 is 0 Å². The standard InChI is InChI=1S/C20H28N4O4S/c1-14-19(15(2)23(3)22-14)13-20(25)21-16-9-11-24(12-10-16)29(26,27)18-7-5-17(28-4)6-8-18/h5-8,16H,9-13H2,1-4H3,(H,21,25). The number of methoxy groups -OCH3 is 1. The largest absolute Gasteiger partial charge is 0.497 e. The van der Waals surface area contributed by atoms with Crippen LogP contribution in [0, 0.1) is 13.8 Å². The Kier molecular flexibility index (Phi) is 6.28. The normalized spacial score (nSPS) is 16.0. The van der Waals surface area contributed by atoms with Gasteiger partial charge in [0, 0.05) is 37.4 Å². The maximum absolute atomic E-state index is 12.8. The summed E-state index contributed by atoms with van der Waals surface area (Å²) in [7, 11) is -0.137. The minimum absolute atomic E-state index is 0.0258. The quantitative estimate of drug-likeness (QED) is 0.765. The van der Waals surface area contributed by atoms with Crippen LogP contribution in [0.1, 0.15) is 29.8 Å². The molecule has 1 amide bonds. The Bertz CT molecular complexity index is 975. The van der Waals surface area contributed by atoms with Crippen LogP contribution in [0.25, 0.3) is 0 Å². The predicted molar refractivity (Wildman–Crippen MR) is 109 cm³/mol. The van der Waals surface area contributed by atoms with Crippen molar-refractivity contribution in [1.29, 1.82) is 0 Å². The molecule has 1 saturated heterocycles. The van der Waals surface area contributed by atoms with Crippen molar-refractivity contribution in [2.24, 2.45) is 7.05 Å². The summed E-state index contributed by atoms with van der Waals surface area (Å²) in [6.07, 6.45) is 1.47. The van der Waals surface area contributed by atoms with Gasteiger partial charge in [-0.3, -0.25) is 9.48 Å². The van der Waals surface area contributed by atoms with Gasteiger partial charge >= 0.3 is 0 Å². The Morgan fingerprint density at radius 3 is 2.34 bits per heavy atom. The van der Waals surface area contributed by atoms with Crippen LogP contribution in [0.2, 0.25) is 0 Å². The average Bonchev–Trinajstić information content (AvgIpc) is 2.94. The number of hydrogen-bond donors (Lipinski definition) is 1. The fourth-order valence-electron chi connectivity index (χ4n) is 3.65. The molecule has 3 rings (SSSR count). The summed E-state index contributed by atoms with van der Waals surface area (Å²) < 4.78 is 34.0. The van der Waals surface area contributed by atoms with Crippen LogP contribution in [0.3, 0.4) is 0 Å². The van der Waals surface area contributed by atoms with E-state index in [1.807, 2.05) is 20.9 Å². The monoisotopic (exact) mass is 420 g/mol. The second-order valence-electron chi connectivity index (χ2n) is 7.37. The second-order valence-corrected chi connectivity index (χ2v) is 9.31. The summed E-state index contributed by atoms with van der Waals surface area (Å²) in [5, 5.41) is 7.39. The summed E-state index contributed by atoms with van der Waals surface area (Å²) in [6, 6.07) is 6.37. The van der Waals surface area contributed by atoms with Crippen molar-refractivity contribution in [2.45, 2.75) is 44.0 Å². The third-order valence-corrected chi connectivity index (χ3v) is 7.43. The van der Waals surface area contributed by atoms with Gasteiger partial charge in [-0.25, -0.2) is 8.42 Å². The lowest BCUT2D eigenvalue weighted by Crippen LogP contribution is -2.46. The van der Waals surface area contributed by atoms with Gasteiger partial charge in [-0.15, -0.1) is 0 Å². The van der Waals surface area contributed by atoms with E-state index < -0.39 is 10.0 Å². The van der Waals surface area contributed by atoms with E-state index in [1.165, 1.54) is 4.31 Å². The molecular weight excluding hydrogens is 392 g/mol. The molecule has 29 heavy (non-hydrogen) atoms. The molecule has 0 atom stereocenters. The molecule has 0 unspecified atom stereocenters. The van der Waals surface area contributed by atoms with Crippen molar-refractivity contribution in [2.75, 3.05) is 20.2 Å². The van der Waals surface area contributed by atoms with E-state index in [9.17, 15) is 13.2 Å². The zero-order valence-electron chi connectivity index (χ0n) is 17.3. The number of aromatic nitrogens is 2. The Labute approximate surface area is 171 Å². The Morgan fingerprint density at radius 1 is 1.21 bits per heavy atom. The number of nitrogens with zero attached hydrogens (tertiary/aromatic N) is 3. The molecule has 0 spiro atoms. The molecule has 1 aromatic carbocycles. The lowest BCUT2D eigenvalue weighted by molar-refractivity contribution is -0.121. The zero-order valence-corrected chi connectivity index (χ0v) is 18.1. The number of carbonyl (C=O) groups excluding carboxylic acids is 1. The smallest absolute Gasteiger partial charge is 0.243 e. The molecule has 2 aromatic rings. The van der Waals surface area contributed by atoms with Gasteiger partial charge in [0.1, 0.15) is 5.75 Å². The lowest BCUT2D eigenvalue weighted by Gasteiger charge is -2.31. The summed E-state index contributed by atoms with van der Waals surface area (Å²) in [5.74, 6) is 0.560. The molecular formula is C20H28N4O4S. The highest BCUT2D eigenvalue weighted by Crippen LogP contribution is 2.23. The molecule has 2 heterocycles. The van der Waals surface area contributed by atoms with Crippen molar-refractivity contribution in [3.8, 4) is 5.75 Å². The highest BCUT2D eigenvalue weighted by atomic mass is 32.2. The minimum Gasteiger partial charge on any atom is -0.497 e. The van der Waals surface area contributed by atoms with Crippen molar-refractivity contribution < 1.29 is 17.9 Å². The molecule has 1 aliphatic heterocycles. The van der Waals surface area contributed by atoms with E-state index in [1.54, 1.807) is 36.1 Å². The minimum atomic E-state index is -3.54. The molecule has 0 radical (unpaired) electrons. The summed E-state index contributed by atoms with van der Waals surface area (Å²) in [6.45, 7) is 4.61. The van der Waals surface area contributed by atoms with E-state index in [0.717, 1.165) is 17.0 Å².